The van der Waals surface area contributed by atoms with Crippen molar-refractivity contribution in [1.82, 2.24) is 4.98 Å². The third kappa shape index (κ3) is 4.17. The van der Waals surface area contributed by atoms with E-state index >= 15 is 0 Å². The average Bonchev–Trinajstić information content (AvgIpc) is 3.11. The number of nitrogens with zero attached hydrogens (tertiary/aromatic N) is 1. The Morgan fingerprint density at radius 3 is 2.88 bits per heavy atom. The van der Waals surface area contributed by atoms with Crippen LogP contribution in [0.25, 0.3) is 0 Å². The maximum Gasteiger partial charge on any atom is 0.257 e. The monoisotopic (exact) mass is 365 g/mol. The van der Waals surface area contributed by atoms with Crippen molar-refractivity contribution in [3.8, 4) is 0 Å². The predicted molar refractivity (Wildman–Crippen MR) is 96.1 cm³/mol. The van der Waals surface area contributed by atoms with Gasteiger partial charge in [-0.1, -0.05) is 29.3 Å². The maximum atomic E-state index is 12.3. The van der Waals surface area contributed by atoms with Crippen LogP contribution in [0.4, 0.5) is 11.5 Å². The lowest BCUT2D eigenvalue weighted by atomic mass is 10.2. The molecule has 0 bridgehead atoms. The third-order valence-electron chi connectivity index (χ3n) is 3.76. The number of hydrogen-bond donors (Lipinski definition) is 2. The predicted octanol–water partition coefficient (Wildman–Crippen LogP) is 4.23. The van der Waals surface area contributed by atoms with Gasteiger partial charge >= 0.3 is 0 Å². The molecule has 0 saturated carbocycles. The molecule has 24 heavy (non-hydrogen) atoms. The molecule has 1 fully saturated rings. The Morgan fingerprint density at radius 2 is 2.17 bits per heavy atom. The highest BCUT2D eigenvalue weighted by Crippen LogP contribution is 2.29. The number of amides is 1. The van der Waals surface area contributed by atoms with Crippen molar-refractivity contribution in [2.75, 3.05) is 23.8 Å². The van der Waals surface area contributed by atoms with E-state index in [9.17, 15) is 4.79 Å². The topological polar surface area (TPSA) is 63.2 Å². The van der Waals surface area contributed by atoms with Gasteiger partial charge in [0.25, 0.3) is 5.91 Å². The van der Waals surface area contributed by atoms with Crippen LogP contribution < -0.4 is 10.6 Å². The Balaban J connectivity index is 1.60. The van der Waals surface area contributed by atoms with Gasteiger partial charge in [0.15, 0.2) is 0 Å². The molecule has 1 atom stereocenters. The van der Waals surface area contributed by atoms with E-state index in [0.717, 1.165) is 26.0 Å². The molecular weight excluding hydrogens is 349 g/mol. The second-order valence-electron chi connectivity index (χ2n) is 5.50. The number of carbonyl (C=O) groups excluding carboxylic acids is 1. The lowest BCUT2D eigenvalue weighted by Gasteiger charge is -2.12. The Morgan fingerprint density at radius 1 is 1.29 bits per heavy atom. The van der Waals surface area contributed by atoms with Gasteiger partial charge in [0, 0.05) is 19.3 Å². The van der Waals surface area contributed by atoms with Crippen LogP contribution in [0.15, 0.2) is 36.5 Å². The summed E-state index contributed by atoms with van der Waals surface area (Å²) >= 11 is 12.0. The molecule has 1 aliphatic rings. The van der Waals surface area contributed by atoms with Gasteiger partial charge in [0.05, 0.1) is 27.4 Å². The summed E-state index contributed by atoms with van der Waals surface area (Å²) < 4.78 is 5.55. The normalized spacial score (nSPS) is 16.8. The summed E-state index contributed by atoms with van der Waals surface area (Å²) in [6.45, 7) is 1.54. The zero-order chi connectivity index (χ0) is 16.9. The van der Waals surface area contributed by atoms with E-state index < -0.39 is 0 Å². The van der Waals surface area contributed by atoms with Gasteiger partial charge in [0.1, 0.15) is 5.82 Å². The lowest BCUT2D eigenvalue weighted by Crippen LogP contribution is -2.19. The van der Waals surface area contributed by atoms with Crippen molar-refractivity contribution in [1.29, 1.82) is 0 Å². The van der Waals surface area contributed by atoms with Gasteiger partial charge in [-0.3, -0.25) is 4.79 Å². The van der Waals surface area contributed by atoms with E-state index in [1.54, 1.807) is 30.3 Å². The van der Waals surface area contributed by atoms with E-state index in [0.29, 0.717) is 27.1 Å². The van der Waals surface area contributed by atoms with Gasteiger partial charge < -0.3 is 15.4 Å². The number of halogens is 2. The molecule has 0 spiro atoms. The molecule has 1 unspecified atom stereocenters. The van der Waals surface area contributed by atoms with Gasteiger partial charge in [-0.05, 0) is 37.1 Å². The first kappa shape index (κ1) is 17.0. The molecule has 1 aliphatic heterocycles. The van der Waals surface area contributed by atoms with Crippen molar-refractivity contribution in [3.05, 3.63) is 52.1 Å². The minimum absolute atomic E-state index is 0.236. The Kier molecular flexibility index (Phi) is 5.56. The van der Waals surface area contributed by atoms with Crippen LogP contribution in [0.5, 0.6) is 0 Å². The largest absolute Gasteiger partial charge is 0.376 e. The number of carbonyl (C=O) groups is 1. The number of nitrogens with one attached hydrogen (secondary N) is 2. The fourth-order valence-corrected chi connectivity index (χ4v) is 2.80. The summed E-state index contributed by atoms with van der Waals surface area (Å²) in [5, 5.41) is 6.65. The van der Waals surface area contributed by atoms with Gasteiger partial charge in [-0.2, -0.15) is 0 Å². The number of anilines is 2. The van der Waals surface area contributed by atoms with E-state index in [2.05, 4.69) is 15.6 Å². The number of rotatable bonds is 5. The van der Waals surface area contributed by atoms with Crippen molar-refractivity contribution < 1.29 is 9.53 Å². The van der Waals surface area contributed by atoms with Crippen molar-refractivity contribution in [3.63, 3.8) is 0 Å². The van der Waals surface area contributed by atoms with Crippen LogP contribution in [0, 0.1) is 0 Å². The van der Waals surface area contributed by atoms with Crippen molar-refractivity contribution in [2.24, 2.45) is 0 Å². The molecule has 2 aromatic rings. The second-order valence-corrected chi connectivity index (χ2v) is 6.29. The van der Waals surface area contributed by atoms with Gasteiger partial charge in [-0.15, -0.1) is 0 Å². The molecule has 126 valence electrons. The first-order valence-electron chi connectivity index (χ1n) is 7.70. The molecule has 2 heterocycles. The molecule has 0 radical (unpaired) electrons. The van der Waals surface area contributed by atoms with E-state index in [1.165, 1.54) is 6.20 Å². The molecule has 1 amide bonds. The molecule has 2 N–H and O–H groups in total. The molecule has 1 aromatic heterocycles. The quantitative estimate of drug-likeness (QED) is 0.831. The lowest BCUT2D eigenvalue weighted by molar-refractivity contribution is 0.102. The van der Waals surface area contributed by atoms with Crippen LogP contribution in [0.3, 0.4) is 0 Å². The van der Waals surface area contributed by atoms with E-state index in [4.69, 9.17) is 27.9 Å². The molecule has 7 heteroatoms. The highest BCUT2D eigenvalue weighted by molar-refractivity contribution is 6.44. The standard InChI is InChI=1S/C17H17Cl2N3O2/c18-13-4-1-5-14(16(13)19)22-17(23)11-6-7-15(20-9-11)21-10-12-3-2-8-24-12/h1,4-7,9,12H,2-3,8,10H2,(H,20,21)(H,22,23). The number of ether oxygens (including phenoxy) is 1. The first-order valence-corrected chi connectivity index (χ1v) is 8.46. The summed E-state index contributed by atoms with van der Waals surface area (Å²) in [6, 6.07) is 8.55. The average molecular weight is 366 g/mol. The Bertz CT molecular complexity index is 716. The molecular formula is C17H17Cl2N3O2. The molecule has 3 rings (SSSR count). The number of benzene rings is 1. The van der Waals surface area contributed by atoms with Gasteiger partial charge in [0.2, 0.25) is 0 Å². The summed E-state index contributed by atoms with van der Waals surface area (Å²) in [6.07, 6.45) is 3.92. The molecule has 1 aromatic carbocycles. The first-order chi connectivity index (χ1) is 11.6. The van der Waals surface area contributed by atoms with Crippen LogP contribution >= 0.6 is 23.2 Å². The van der Waals surface area contributed by atoms with Crippen molar-refractivity contribution >= 4 is 40.6 Å². The number of pyridine rings is 1. The summed E-state index contributed by atoms with van der Waals surface area (Å²) in [7, 11) is 0. The van der Waals surface area contributed by atoms with Crippen LogP contribution in [0.1, 0.15) is 23.2 Å². The summed E-state index contributed by atoms with van der Waals surface area (Å²) in [5.74, 6) is 0.417. The van der Waals surface area contributed by atoms with E-state index in [1.807, 2.05) is 0 Å². The highest BCUT2D eigenvalue weighted by atomic mass is 35.5. The molecule has 5 nitrogen and oxygen atoms in total. The maximum absolute atomic E-state index is 12.3. The smallest absolute Gasteiger partial charge is 0.257 e. The third-order valence-corrected chi connectivity index (χ3v) is 4.58. The van der Waals surface area contributed by atoms with Crippen molar-refractivity contribution in [2.45, 2.75) is 18.9 Å². The van der Waals surface area contributed by atoms with Crippen LogP contribution in [0.2, 0.25) is 10.0 Å². The fraction of sp³-hybridized carbons (Fsp3) is 0.294. The minimum atomic E-state index is -0.294. The molecule has 1 saturated heterocycles. The second kappa shape index (κ2) is 7.83. The SMILES string of the molecule is O=C(Nc1cccc(Cl)c1Cl)c1ccc(NCC2CCCO2)nc1. The van der Waals surface area contributed by atoms with Crippen LogP contribution in [-0.4, -0.2) is 30.1 Å². The Hall–Kier alpha value is -1.82. The minimum Gasteiger partial charge on any atom is -0.376 e. The summed E-state index contributed by atoms with van der Waals surface area (Å²) in [4.78, 5) is 16.5. The van der Waals surface area contributed by atoms with E-state index in [-0.39, 0.29) is 12.0 Å². The number of aromatic nitrogens is 1. The zero-order valence-corrected chi connectivity index (χ0v) is 14.4. The van der Waals surface area contributed by atoms with Crippen LogP contribution in [-0.2, 0) is 4.74 Å². The number of hydrogen-bond acceptors (Lipinski definition) is 4. The Labute approximate surface area is 150 Å². The summed E-state index contributed by atoms with van der Waals surface area (Å²) in [5.41, 5.74) is 0.906. The molecule has 0 aliphatic carbocycles. The highest BCUT2D eigenvalue weighted by Gasteiger charge is 2.15. The fourth-order valence-electron chi connectivity index (χ4n) is 2.45. The van der Waals surface area contributed by atoms with Gasteiger partial charge in [-0.25, -0.2) is 4.98 Å². The zero-order valence-electron chi connectivity index (χ0n) is 12.9.